The summed E-state index contributed by atoms with van der Waals surface area (Å²) in [7, 11) is 0. The molecule has 1 aromatic rings. The molecule has 5 heteroatoms. The fourth-order valence-corrected chi connectivity index (χ4v) is 2.63. The van der Waals surface area contributed by atoms with Crippen LogP contribution in [0, 0.1) is 5.82 Å². The molecule has 0 aromatic heterocycles. The molecule has 102 valence electrons. The van der Waals surface area contributed by atoms with E-state index in [1.165, 1.54) is 12.1 Å². The van der Waals surface area contributed by atoms with Crippen molar-refractivity contribution in [2.24, 2.45) is 0 Å². The second-order valence-corrected chi connectivity index (χ2v) is 5.15. The molecule has 2 aliphatic heterocycles. The van der Waals surface area contributed by atoms with E-state index in [1.54, 1.807) is 12.1 Å². The van der Waals surface area contributed by atoms with Crippen molar-refractivity contribution in [1.82, 2.24) is 15.1 Å². The summed E-state index contributed by atoms with van der Waals surface area (Å²) in [6, 6.07) is 6.56. The lowest BCUT2D eigenvalue weighted by Gasteiger charge is -2.43. The summed E-state index contributed by atoms with van der Waals surface area (Å²) in [6.07, 6.45) is 0. The second kappa shape index (κ2) is 5.27. The average molecular weight is 263 g/mol. The fourth-order valence-electron chi connectivity index (χ4n) is 2.63. The number of amides is 1. The number of hydrogen-bond donors (Lipinski definition) is 1. The van der Waals surface area contributed by atoms with E-state index >= 15 is 0 Å². The van der Waals surface area contributed by atoms with Crippen LogP contribution in [-0.2, 0) is 0 Å². The van der Waals surface area contributed by atoms with E-state index in [0.29, 0.717) is 11.6 Å². The van der Waals surface area contributed by atoms with Gasteiger partial charge >= 0.3 is 0 Å². The molecule has 0 bridgehead atoms. The third-order valence-corrected chi connectivity index (χ3v) is 3.95. The Kier molecular flexibility index (Phi) is 3.48. The number of benzene rings is 1. The first kappa shape index (κ1) is 12.6. The molecule has 4 nitrogen and oxygen atoms in total. The van der Waals surface area contributed by atoms with E-state index in [2.05, 4.69) is 10.2 Å². The van der Waals surface area contributed by atoms with Crippen LogP contribution in [-0.4, -0.2) is 61.0 Å². The lowest BCUT2D eigenvalue weighted by molar-refractivity contribution is 0.0501. The molecule has 0 saturated carbocycles. The predicted molar refractivity (Wildman–Crippen MR) is 70.5 cm³/mol. The van der Waals surface area contributed by atoms with Crippen molar-refractivity contribution >= 4 is 5.91 Å². The Morgan fingerprint density at radius 1 is 1.21 bits per heavy atom. The van der Waals surface area contributed by atoms with E-state index in [4.69, 9.17) is 0 Å². The Labute approximate surface area is 112 Å². The molecule has 2 saturated heterocycles. The van der Waals surface area contributed by atoms with Crippen molar-refractivity contribution in [2.75, 3.05) is 39.3 Å². The average Bonchev–Trinajstić information content (AvgIpc) is 2.37. The summed E-state index contributed by atoms with van der Waals surface area (Å²) >= 11 is 0. The van der Waals surface area contributed by atoms with Crippen LogP contribution >= 0.6 is 0 Å². The van der Waals surface area contributed by atoms with Gasteiger partial charge in [0.2, 0.25) is 0 Å². The van der Waals surface area contributed by atoms with Gasteiger partial charge in [0.1, 0.15) is 5.82 Å². The summed E-state index contributed by atoms with van der Waals surface area (Å²) in [4.78, 5) is 16.5. The Bertz CT molecular complexity index is 468. The number of piperazine rings is 1. The van der Waals surface area contributed by atoms with E-state index in [0.717, 1.165) is 39.3 Å². The monoisotopic (exact) mass is 263 g/mol. The molecule has 0 aliphatic carbocycles. The summed E-state index contributed by atoms with van der Waals surface area (Å²) in [5.41, 5.74) is 0.443. The third kappa shape index (κ3) is 2.62. The van der Waals surface area contributed by atoms with Crippen LogP contribution in [0.25, 0.3) is 0 Å². The van der Waals surface area contributed by atoms with Gasteiger partial charge in [0.25, 0.3) is 5.91 Å². The first-order valence-corrected chi connectivity index (χ1v) is 6.73. The minimum absolute atomic E-state index is 0.0640. The maximum atomic E-state index is 13.1. The quantitative estimate of drug-likeness (QED) is 0.846. The van der Waals surface area contributed by atoms with Gasteiger partial charge in [0, 0.05) is 50.9 Å². The van der Waals surface area contributed by atoms with Gasteiger partial charge in [-0.05, 0) is 18.2 Å². The normalized spacial score (nSPS) is 21.2. The summed E-state index contributed by atoms with van der Waals surface area (Å²) in [5, 5.41) is 3.26. The van der Waals surface area contributed by atoms with Crippen LogP contribution in [0.4, 0.5) is 4.39 Å². The van der Waals surface area contributed by atoms with Crippen molar-refractivity contribution < 1.29 is 9.18 Å². The van der Waals surface area contributed by atoms with Crippen LogP contribution in [0.15, 0.2) is 24.3 Å². The lowest BCUT2D eigenvalue weighted by Crippen LogP contribution is -2.62. The zero-order valence-corrected chi connectivity index (χ0v) is 10.8. The zero-order valence-electron chi connectivity index (χ0n) is 10.8. The van der Waals surface area contributed by atoms with Crippen molar-refractivity contribution in [2.45, 2.75) is 6.04 Å². The van der Waals surface area contributed by atoms with Gasteiger partial charge < -0.3 is 10.2 Å². The third-order valence-electron chi connectivity index (χ3n) is 3.95. The topological polar surface area (TPSA) is 35.6 Å². The highest BCUT2D eigenvalue weighted by molar-refractivity contribution is 5.94. The molecule has 0 unspecified atom stereocenters. The smallest absolute Gasteiger partial charge is 0.254 e. The van der Waals surface area contributed by atoms with Crippen LogP contribution in [0.1, 0.15) is 10.4 Å². The standard InChI is InChI=1S/C14H18FN3O/c15-12-3-1-2-11(8-12)14(19)18-6-4-17(5-7-18)13-9-16-10-13/h1-3,8,13,16H,4-7,9-10H2. The molecule has 3 rings (SSSR count). The van der Waals surface area contributed by atoms with Crippen LogP contribution < -0.4 is 5.32 Å². The minimum atomic E-state index is -0.356. The highest BCUT2D eigenvalue weighted by Crippen LogP contribution is 2.13. The maximum absolute atomic E-state index is 13.1. The van der Waals surface area contributed by atoms with Crippen LogP contribution in [0.2, 0.25) is 0 Å². The van der Waals surface area contributed by atoms with Crippen molar-refractivity contribution in [3.63, 3.8) is 0 Å². The molecule has 0 radical (unpaired) electrons. The molecule has 19 heavy (non-hydrogen) atoms. The number of halogens is 1. The number of rotatable bonds is 2. The second-order valence-electron chi connectivity index (χ2n) is 5.15. The van der Waals surface area contributed by atoms with Crippen LogP contribution in [0.5, 0.6) is 0 Å². The molecule has 2 heterocycles. The fraction of sp³-hybridized carbons (Fsp3) is 0.500. The minimum Gasteiger partial charge on any atom is -0.336 e. The summed E-state index contributed by atoms with van der Waals surface area (Å²) < 4.78 is 13.1. The van der Waals surface area contributed by atoms with Gasteiger partial charge in [-0.1, -0.05) is 6.07 Å². The van der Waals surface area contributed by atoms with Crippen molar-refractivity contribution in [3.05, 3.63) is 35.6 Å². The molecule has 1 N–H and O–H groups in total. The highest BCUT2D eigenvalue weighted by Gasteiger charge is 2.29. The molecule has 2 aliphatic rings. The number of carbonyl (C=O) groups excluding carboxylic acids is 1. The van der Waals surface area contributed by atoms with E-state index in [-0.39, 0.29) is 11.7 Å². The molecular formula is C14H18FN3O. The Morgan fingerprint density at radius 2 is 1.95 bits per heavy atom. The Morgan fingerprint density at radius 3 is 2.53 bits per heavy atom. The van der Waals surface area contributed by atoms with Crippen molar-refractivity contribution in [3.8, 4) is 0 Å². The van der Waals surface area contributed by atoms with Gasteiger partial charge in [-0.25, -0.2) is 4.39 Å². The number of carbonyl (C=O) groups is 1. The van der Waals surface area contributed by atoms with E-state index in [1.807, 2.05) is 4.90 Å². The largest absolute Gasteiger partial charge is 0.336 e. The summed E-state index contributed by atoms with van der Waals surface area (Å²) in [5.74, 6) is -0.420. The van der Waals surface area contributed by atoms with Crippen LogP contribution in [0.3, 0.4) is 0 Å². The maximum Gasteiger partial charge on any atom is 0.254 e. The Balaban J connectivity index is 1.60. The molecule has 1 aromatic carbocycles. The Hall–Kier alpha value is -1.46. The van der Waals surface area contributed by atoms with E-state index < -0.39 is 0 Å². The van der Waals surface area contributed by atoms with Gasteiger partial charge in [0.15, 0.2) is 0 Å². The molecule has 0 atom stereocenters. The molecule has 2 fully saturated rings. The molecule has 0 spiro atoms. The summed E-state index contributed by atoms with van der Waals surface area (Å²) in [6.45, 7) is 5.38. The lowest BCUT2D eigenvalue weighted by atomic mass is 10.1. The van der Waals surface area contributed by atoms with E-state index in [9.17, 15) is 9.18 Å². The SMILES string of the molecule is O=C(c1cccc(F)c1)N1CCN(C2CNC2)CC1. The number of nitrogens with zero attached hydrogens (tertiary/aromatic N) is 2. The van der Waals surface area contributed by atoms with Gasteiger partial charge in [-0.2, -0.15) is 0 Å². The van der Waals surface area contributed by atoms with Gasteiger partial charge in [-0.3, -0.25) is 9.69 Å². The van der Waals surface area contributed by atoms with Gasteiger partial charge in [0.05, 0.1) is 0 Å². The first-order chi connectivity index (χ1) is 9.24. The molecular weight excluding hydrogens is 245 g/mol. The van der Waals surface area contributed by atoms with Gasteiger partial charge in [-0.15, -0.1) is 0 Å². The zero-order chi connectivity index (χ0) is 13.2. The first-order valence-electron chi connectivity index (χ1n) is 6.73. The van der Waals surface area contributed by atoms with Crippen molar-refractivity contribution in [1.29, 1.82) is 0 Å². The number of nitrogens with one attached hydrogen (secondary N) is 1. The predicted octanol–water partition coefficient (Wildman–Crippen LogP) is 0.555. The molecule has 1 amide bonds. The number of hydrogen-bond acceptors (Lipinski definition) is 3. The highest BCUT2D eigenvalue weighted by atomic mass is 19.1.